The molecule has 0 atom stereocenters. The molecule has 0 N–H and O–H groups in total. The first-order valence-electron chi connectivity index (χ1n) is 5.28. The molecular formula is C10H22IO2P. The molecule has 14 heavy (non-hydrogen) atoms. The van der Waals surface area contributed by atoms with Gasteiger partial charge in [0, 0.05) is 4.43 Å². The van der Waals surface area contributed by atoms with Crippen LogP contribution >= 0.6 is 30.5 Å². The smallest absolute Gasteiger partial charge is 0.0700 e. The lowest BCUT2D eigenvalue weighted by Crippen LogP contribution is -2.08. The second-order valence-corrected chi connectivity index (χ2v) is 7.07. The van der Waals surface area contributed by atoms with Gasteiger partial charge in [0.15, 0.2) is 0 Å². The van der Waals surface area contributed by atoms with Crippen LogP contribution in [0.4, 0.5) is 0 Å². The van der Waals surface area contributed by atoms with Crippen LogP contribution in [0.25, 0.3) is 0 Å². The third-order valence-corrected chi connectivity index (χ3v) is 5.08. The lowest BCUT2D eigenvalue weighted by molar-refractivity contribution is 0.0609. The monoisotopic (exact) mass is 332 g/mol. The molecule has 0 spiro atoms. The molecule has 0 bridgehead atoms. The Bertz CT molecular complexity index is 110. The van der Waals surface area contributed by atoms with E-state index < -0.39 is 0 Å². The first-order chi connectivity index (χ1) is 6.85. The molecule has 0 aromatic heterocycles. The Kier molecular flexibility index (Phi) is 13.1. The molecule has 0 rings (SSSR count). The summed E-state index contributed by atoms with van der Waals surface area (Å²) in [7, 11) is 0.249. The quantitative estimate of drug-likeness (QED) is 0.265. The topological polar surface area (TPSA) is 18.5 Å². The summed E-state index contributed by atoms with van der Waals surface area (Å²) < 4.78 is 11.9. The van der Waals surface area contributed by atoms with Gasteiger partial charge in [0.1, 0.15) is 0 Å². The predicted molar refractivity (Wildman–Crippen MR) is 73.4 cm³/mol. The molecule has 0 aromatic carbocycles. The van der Waals surface area contributed by atoms with E-state index in [1.54, 1.807) is 0 Å². The number of ether oxygens (including phenoxy) is 2. The maximum absolute atomic E-state index is 5.50. The summed E-state index contributed by atoms with van der Waals surface area (Å²) in [5.74, 6) is 0. The van der Waals surface area contributed by atoms with Crippen molar-refractivity contribution in [3.8, 4) is 0 Å². The SMILES string of the molecule is CCP(CC)CCOCCOCCI. The highest BCUT2D eigenvalue weighted by Gasteiger charge is 2.01. The molecule has 0 aromatic rings. The van der Waals surface area contributed by atoms with Gasteiger partial charge < -0.3 is 9.47 Å². The van der Waals surface area contributed by atoms with Gasteiger partial charge in [0.2, 0.25) is 0 Å². The van der Waals surface area contributed by atoms with Crippen molar-refractivity contribution in [3.63, 3.8) is 0 Å². The van der Waals surface area contributed by atoms with E-state index in [2.05, 4.69) is 36.4 Å². The van der Waals surface area contributed by atoms with Crippen LogP contribution in [0.3, 0.4) is 0 Å². The molecule has 0 unspecified atom stereocenters. The Balaban J connectivity index is 3.04. The zero-order valence-corrected chi connectivity index (χ0v) is 12.4. The van der Waals surface area contributed by atoms with Crippen LogP contribution in [0.5, 0.6) is 0 Å². The lowest BCUT2D eigenvalue weighted by Gasteiger charge is -2.12. The van der Waals surface area contributed by atoms with Gasteiger partial charge in [-0.05, 0) is 18.5 Å². The Morgan fingerprint density at radius 3 is 2.00 bits per heavy atom. The molecule has 0 radical (unpaired) electrons. The third-order valence-electron chi connectivity index (χ3n) is 2.04. The second kappa shape index (κ2) is 12.2. The average Bonchev–Trinajstić information content (AvgIpc) is 2.22. The first-order valence-corrected chi connectivity index (χ1v) is 8.71. The maximum Gasteiger partial charge on any atom is 0.0700 e. The van der Waals surface area contributed by atoms with Crippen LogP contribution in [-0.2, 0) is 9.47 Å². The van der Waals surface area contributed by atoms with Crippen LogP contribution in [0.2, 0.25) is 0 Å². The summed E-state index contributed by atoms with van der Waals surface area (Å²) in [5, 5.41) is 0. The van der Waals surface area contributed by atoms with Crippen LogP contribution in [0.15, 0.2) is 0 Å². The minimum atomic E-state index is 0.249. The Morgan fingerprint density at radius 2 is 1.50 bits per heavy atom. The summed E-state index contributed by atoms with van der Waals surface area (Å²) in [6, 6.07) is 0. The van der Waals surface area contributed by atoms with Crippen molar-refractivity contribution in [1.29, 1.82) is 0 Å². The van der Waals surface area contributed by atoms with Gasteiger partial charge in [-0.1, -0.05) is 36.4 Å². The molecule has 86 valence electrons. The third kappa shape index (κ3) is 9.63. The highest BCUT2D eigenvalue weighted by atomic mass is 127. The predicted octanol–water partition coefficient (Wildman–Crippen LogP) is 2.98. The highest BCUT2D eigenvalue weighted by Crippen LogP contribution is 2.33. The van der Waals surface area contributed by atoms with Gasteiger partial charge in [0.05, 0.1) is 26.4 Å². The zero-order valence-electron chi connectivity index (χ0n) is 9.30. The van der Waals surface area contributed by atoms with Crippen molar-refractivity contribution < 1.29 is 9.47 Å². The van der Waals surface area contributed by atoms with E-state index >= 15 is 0 Å². The maximum atomic E-state index is 5.50. The van der Waals surface area contributed by atoms with Gasteiger partial charge in [-0.2, -0.15) is 0 Å². The van der Waals surface area contributed by atoms with E-state index in [0.717, 1.165) is 30.9 Å². The van der Waals surface area contributed by atoms with E-state index in [9.17, 15) is 0 Å². The van der Waals surface area contributed by atoms with Crippen molar-refractivity contribution >= 4 is 30.5 Å². The Hall–Kier alpha value is 1.08. The fourth-order valence-corrected chi connectivity index (χ4v) is 2.89. The van der Waals surface area contributed by atoms with Crippen LogP contribution in [0.1, 0.15) is 13.8 Å². The molecule has 0 aliphatic carbocycles. The standard InChI is InChI=1S/C10H22IO2P/c1-3-14(4-2)10-9-13-8-7-12-6-5-11/h3-10H2,1-2H3. The van der Waals surface area contributed by atoms with Gasteiger partial charge in [-0.15, -0.1) is 7.92 Å². The Morgan fingerprint density at radius 1 is 0.929 bits per heavy atom. The van der Waals surface area contributed by atoms with Gasteiger partial charge >= 0.3 is 0 Å². The number of alkyl halides is 1. The van der Waals surface area contributed by atoms with Crippen molar-refractivity contribution in [2.24, 2.45) is 0 Å². The average molecular weight is 332 g/mol. The molecule has 0 saturated heterocycles. The van der Waals surface area contributed by atoms with Crippen LogP contribution < -0.4 is 0 Å². The van der Waals surface area contributed by atoms with Gasteiger partial charge in [-0.25, -0.2) is 0 Å². The number of hydrogen-bond donors (Lipinski definition) is 0. The highest BCUT2D eigenvalue weighted by molar-refractivity contribution is 14.1. The van der Waals surface area contributed by atoms with Crippen molar-refractivity contribution in [2.45, 2.75) is 13.8 Å². The zero-order chi connectivity index (χ0) is 10.6. The largest absolute Gasteiger partial charge is 0.379 e. The minimum Gasteiger partial charge on any atom is -0.379 e. The fraction of sp³-hybridized carbons (Fsp3) is 1.00. The van der Waals surface area contributed by atoms with Gasteiger partial charge in [-0.3, -0.25) is 0 Å². The molecule has 0 heterocycles. The number of halogens is 1. The minimum absolute atomic E-state index is 0.249. The lowest BCUT2D eigenvalue weighted by atomic mass is 10.7. The van der Waals surface area contributed by atoms with Crippen molar-refractivity contribution in [3.05, 3.63) is 0 Å². The molecule has 0 aliphatic rings. The number of rotatable bonds is 10. The summed E-state index contributed by atoms with van der Waals surface area (Å²) in [6.07, 6.45) is 3.93. The first kappa shape index (κ1) is 15.1. The van der Waals surface area contributed by atoms with E-state index in [1.807, 2.05) is 0 Å². The summed E-state index contributed by atoms with van der Waals surface area (Å²) in [4.78, 5) is 0. The molecule has 0 aliphatic heterocycles. The van der Waals surface area contributed by atoms with E-state index in [4.69, 9.17) is 9.47 Å². The van der Waals surface area contributed by atoms with Crippen LogP contribution in [-0.4, -0.2) is 49.3 Å². The van der Waals surface area contributed by atoms with E-state index in [1.165, 1.54) is 18.5 Å². The molecule has 2 nitrogen and oxygen atoms in total. The molecule has 0 fully saturated rings. The molecular weight excluding hydrogens is 310 g/mol. The fourth-order valence-electron chi connectivity index (χ4n) is 1.11. The molecule has 0 saturated carbocycles. The molecule has 4 heteroatoms. The molecule has 0 amide bonds. The van der Waals surface area contributed by atoms with E-state index in [-0.39, 0.29) is 7.92 Å². The normalized spacial score (nSPS) is 11.1. The summed E-state index contributed by atoms with van der Waals surface area (Å²) >= 11 is 2.31. The van der Waals surface area contributed by atoms with Crippen molar-refractivity contribution in [1.82, 2.24) is 0 Å². The Labute approximate surface area is 103 Å². The number of hydrogen-bond acceptors (Lipinski definition) is 2. The van der Waals surface area contributed by atoms with Crippen LogP contribution in [0, 0.1) is 0 Å². The van der Waals surface area contributed by atoms with Gasteiger partial charge in [0.25, 0.3) is 0 Å². The summed E-state index contributed by atoms with van der Waals surface area (Å²) in [5.41, 5.74) is 0. The van der Waals surface area contributed by atoms with E-state index in [0.29, 0.717) is 0 Å². The summed E-state index contributed by atoms with van der Waals surface area (Å²) in [6.45, 7) is 7.82. The second-order valence-electron chi connectivity index (χ2n) is 2.94. The van der Waals surface area contributed by atoms with Crippen molar-refractivity contribution in [2.75, 3.05) is 49.3 Å².